The second-order valence-corrected chi connectivity index (χ2v) is 5.27. The molecular formula is C14H21N3O. The van der Waals surface area contributed by atoms with Gasteiger partial charge >= 0.3 is 0 Å². The normalized spacial score (nSPS) is 14.9. The number of rotatable bonds is 4. The molecule has 0 fully saturated rings. The zero-order valence-corrected chi connectivity index (χ0v) is 11.5. The molecule has 0 amide bonds. The molecular weight excluding hydrogens is 226 g/mol. The van der Waals surface area contributed by atoms with E-state index in [2.05, 4.69) is 40.8 Å². The fourth-order valence-electron chi connectivity index (χ4n) is 2.02. The number of likely N-dealkylation sites (N-methyl/N-ethyl adjacent to an activating group) is 1. The second-order valence-electron chi connectivity index (χ2n) is 5.27. The SMILES string of the molecule is CNC(C)(CO)Cn1cnc2cc(C)c(C)cc21. The molecule has 0 aliphatic heterocycles. The zero-order chi connectivity index (χ0) is 13.3. The third-order valence-corrected chi connectivity index (χ3v) is 3.71. The summed E-state index contributed by atoms with van der Waals surface area (Å²) < 4.78 is 2.09. The predicted molar refractivity (Wildman–Crippen MR) is 73.8 cm³/mol. The molecule has 2 aromatic rings. The molecule has 0 aliphatic carbocycles. The molecule has 1 aromatic carbocycles. The number of hydrogen-bond acceptors (Lipinski definition) is 3. The summed E-state index contributed by atoms with van der Waals surface area (Å²) in [4.78, 5) is 4.43. The number of aromatic nitrogens is 2. The number of aliphatic hydroxyl groups excluding tert-OH is 1. The smallest absolute Gasteiger partial charge is 0.0958 e. The van der Waals surface area contributed by atoms with E-state index < -0.39 is 0 Å². The molecule has 1 heterocycles. The molecule has 0 aliphatic rings. The Morgan fingerprint density at radius 1 is 1.33 bits per heavy atom. The number of benzene rings is 1. The Kier molecular flexibility index (Phi) is 3.41. The average Bonchev–Trinajstić information content (AvgIpc) is 2.72. The van der Waals surface area contributed by atoms with E-state index in [-0.39, 0.29) is 12.1 Å². The molecule has 0 bridgehead atoms. The Bertz CT molecular complexity index is 555. The highest BCUT2D eigenvalue weighted by Crippen LogP contribution is 2.20. The van der Waals surface area contributed by atoms with Gasteiger partial charge in [-0.15, -0.1) is 0 Å². The molecule has 4 nitrogen and oxygen atoms in total. The highest BCUT2D eigenvalue weighted by atomic mass is 16.3. The lowest BCUT2D eigenvalue weighted by atomic mass is 10.0. The monoisotopic (exact) mass is 247 g/mol. The molecule has 0 radical (unpaired) electrons. The maximum absolute atomic E-state index is 9.46. The second kappa shape index (κ2) is 4.71. The van der Waals surface area contributed by atoms with Crippen molar-refractivity contribution < 1.29 is 5.11 Å². The molecule has 4 heteroatoms. The van der Waals surface area contributed by atoms with Gasteiger partial charge in [-0.05, 0) is 51.1 Å². The van der Waals surface area contributed by atoms with Gasteiger partial charge in [-0.2, -0.15) is 0 Å². The summed E-state index contributed by atoms with van der Waals surface area (Å²) in [7, 11) is 1.87. The van der Waals surface area contributed by atoms with Gasteiger partial charge in [-0.3, -0.25) is 0 Å². The van der Waals surface area contributed by atoms with E-state index in [1.54, 1.807) is 0 Å². The van der Waals surface area contributed by atoms with Crippen LogP contribution in [-0.2, 0) is 6.54 Å². The van der Waals surface area contributed by atoms with Crippen molar-refractivity contribution in [2.24, 2.45) is 0 Å². The average molecular weight is 247 g/mol. The van der Waals surface area contributed by atoms with Crippen molar-refractivity contribution in [2.45, 2.75) is 32.9 Å². The molecule has 1 atom stereocenters. The van der Waals surface area contributed by atoms with Crippen LogP contribution in [0.2, 0.25) is 0 Å². The van der Waals surface area contributed by atoms with Crippen LogP contribution in [0.1, 0.15) is 18.1 Å². The Morgan fingerprint density at radius 3 is 2.61 bits per heavy atom. The van der Waals surface area contributed by atoms with Gasteiger partial charge in [-0.1, -0.05) is 0 Å². The minimum atomic E-state index is -0.327. The number of imidazole rings is 1. The first kappa shape index (κ1) is 13.1. The standard InChI is InChI=1S/C14H21N3O/c1-10-5-12-13(6-11(10)2)17(9-16-12)7-14(3,8-18)15-4/h5-6,9,15,18H,7-8H2,1-4H3. The van der Waals surface area contributed by atoms with Gasteiger partial charge in [0.25, 0.3) is 0 Å². The summed E-state index contributed by atoms with van der Waals surface area (Å²) in [5.74, 6) is 0. The van der Waals surface area contributed by atoms with E-state index in [0.717, 1.165) is 11.0 Å². The minimum absolute atomic E-state index is 0.0913. The Labute approximate surface area is 108 Å². The summed E-state index contributed by atoms with van der Waals surface area (Å²) in [5, 5.41) is 12.6. The van der Waals surface area contributed by atoms with E-state index in [1.807, 2.05) is 20.3 Å². The quantitative estimate of drug-likeness (QED) is 0.863. The first-order chi connectivity index (χ1) is 8.49. The number of aryl methyl sites for hydroxylation is 2. The number of aliphatic hydroxyl groups is 1. The van der Waals surface area contributed by atoms with E-state index in [1.165, 1.54) is 11.1 Å². The highest BCUT2D eigenvalue weighted by Gasteiger charge is 2.22. The lowest BCUT2D eigenvalue weighted by Gasteiger charge is -2.27. The van der Waals surface area contributed by atoms with Gasteiger partial charge in [0, 0.05) is 6.54 Å². The van der Waals surface area contributed by atoms with E-state index in [0.29, 0.717) is 6.54 Å². The van der Waals surface area contributed by atoms with Gasteiger partial charge < -0.3 is 15.0 Å². The molecule has 18 heavy (non-hydrogen) atoms. The molecule has 2 N–H and O–H groups in total. The van der Waals surface area contributed by atoms with Gasteiger partial charge in [-0.25, -0.2) is 4.98 Å². The van der Waals surface area contributed by atoms with Crippen molar-refractivity contribution >= 4 is 11.0 Å². The summed E-state index contributed by atoms with van der Waals surface area (Å²) in [6.07, 6.45) is 1.84. The first-order valence-electron chi connectivity index (χ1n) is 6.21. The maximum Gasteiger partial charge on any atom is 0.0958 e. The topological polar surface area (TPSA) is 50.1 Å². The van der Waals surface area contributed by atoms with Crippen LogP contribution in [0.25, 0.3) is 11.0 Å². The summed E-state index contributed by atoms with van der Waals surface area (Å²) in [6, 6.07) is 4.27. The lowest BCUT2D eigenvalue weighted by molar-refractivity contribution is 0.166. The number of nitrogens with one attached hydrogen (secondary N) is 1. The third kappa shape index (κ3) is 2.26. The highest BCUT2D eigenvalue weighted by molar-refractivity contribution is 5.77. The molecule has 2 rings (SSSR count). The number of hydrogen-bond donors (Lipinski definition) is 2. The van der Waals surface area contributed by atoms with Crippen LogP contribution in [0, 0.1) is 13.8 Å². The number of nitrogens with zero attached hydrogens (tertiary/aromatic N) is 2. The zero-order valence-electron chi connectivity index (χ0n) is 11.5. The van der Waals surface area contributed by atoms with Crippen molar-refractivity contribution in [3.63, 3.8) is 0 Å². The van der Waals surface area contributed by atoms with Crippen molar-refractivity contribution in [1.29, 1.82) is 0 Å². The van der Waals surface area contributed by atoms with Crippen LogP contribution in [0.15, 0.2) is 18.5 Å². The number of fused-ring (bicyclic) bond motifs is 1. The minimum Gasteiger partial charge on any atom is -0.394 e. The third-order valence-electron chi connectivity index (χ3n) is 3.71. The van der Waals surface area contributed by atoms with Crippen LogP contribution in [-0.4, -0.2) is 33.9 Å². The first-order valence-corrected chi connectivity index (χ1v) is 6.21. The van der Waals surface area contributed by atoms with E-state index in [4.69, 9.17) is 0 Å². The van der Waals surface area contributed by atoms with Crippen molar-refractivity contribution in [3.8, 4) is 0 Å². The molecule has 0 spiro atoms. The summed E-state index contributed by atoms with van der Waals surface area (Å²) in [5.41, 5.74) is 4.32. The van der Waals surface area contributed by atoms with Crippen molar-refractivity contribution in [3.05, 3.63) is 29.6 Å². The van der Waals surface area contributed by atoms with Gasteiger partial charge in [0.1, 0.15) is 0 Å². The van der Waals surface area contributed by atoms with Crippen LogP contribution >= 0.6 is 0 Å². The molecule has 0 saturated carbocycles. The van der Waals surface area contributed by atoms with Crippen molar-refractivity contribution in [2.75, 3.05) is 13.7 Å². The van der Waals surface area contributed by atoms with E-state index >= 15 is 0 Å². The molecule has 0 saturated heterocycles. The van der Waals surface area contributed by atoms with Gasteiger partial charge in [0.15, 0.2) is 0 Å². The molecule has 1 aromatic heterocycles. The van der Waals surface area contributed by atoms with Crippen molar-refractivity contribution in [1.82, 2.24) is 14.9 Å². The Hall–Kier alpha value is -1.39. The van der Waals surface area contributed by atoms with Crippen LogP contribution < -0.4 is 5.32 Å². The Morgan fingerprint density at radius 2 is 2.00 bits per heavy atom. The molecule has 1 unspecified atom stereocenters. The fourth-order valence-corrected chi connectivity index (χ4v) is 2.02. The summed E-state index contributed by atoms with van der Waals surface area (Å²) >= 11 is 0. The van der Waals surface area contributed by atoms with Crippen LogP contribution in [0.4, 0.5) is 0 Å². The predicted octanol–water partition coefficient (Wildman–Crippen LogP) is 1.62. The fraction of sp³-hybridized carbons (Fsp3) is 0.500. The summed E-state index contributed by atoms with van der Waals surface area (Å²) in [6.45, 7) is 6.99. The van der Waals surface area contributed by atoms with Gasteiger partial charge in [0.05, 0.1) is 29.5 Å². The van der Waals surface area contributed by atoms with Gasteiger partial charge in [0.2, 0.25) is 0 Å². The van der Waals surface area contributed by atoms with Crippen LogP contribution in [0.3, 0.4) is 0 Å². The Balaban J connectivity index is 2.43. The lowest BCUT2D eigenvalue weighted by Crippen LogP contribution is -2.46. The molecule has 98 valence electrons. The van der Waals surface area contributed by atoms with Crippen LogP contribution in [0.5, 0.6) is 0 Å². The largest absolute Gasteiger partial charge is 0.394 e. The van der Waals surface area contributed by atoms with E-state index in [9.17, 15) is 5.11 Å². The maximum atomic E-state index is 9.46.